The van der Waals surface area contributed by atoms with E-state index in [1.165, 1.54) is 5.56 Å². The van der Waals surface area contributed by atoms with Crippen LogP contribution in [-0.4, -0.2) is 7.11 Å². The summed E-state index contributed by atoms with van der Waals surface area (Å²) in [4.78, 5) is 0. The van der Waals surface area contributed by atoms with Crippen molar-refractivity contribution in [1.82, 2.24) is 0 Å². The van der Waals surface area contributed by atoms with Gasteiger partial charge in [-0.2, -0.15) is 0 Å². The van der Waals surface area contributed by atoms with E-state index >= 15 is 0 Å². The first-order valence-electron chi connectivity index (χ1n) is 7.17. The third kappa shape index (κ3) is 2.07. The van der Waals surface area contributed by atoms with Crippen LogP contribution in [0.25, 0.3) is 11.0 Å². The highest BCUT2D eigenvalue weighted by molar-refractivity contribution is 9.10. The summed E-state index contributed by atoms with van der Waals surface area (Å²) in [5.41, 5.74) is 2.03. The Morgan fingerprint density at radius 2 is 1.86 bits per heavy atom. The molecule has 0 saturated heterocycles. The molecule has 2 aromatic carbocycles. The van der Waals surface area contributed by atoms with Crippen molar-refractivity contribution >= 4 is 38.5 Å². The van der Waals surface area contributed by atoms with Crippen LogP contribution in [0.4, 0.5) is 0 Å². The smallest absolute Gasteiger partial charge is 0.177 e. The number of hydrogen-bond donors (Lipinski definition) is 0. The summed E-state index contributed by atoms with van der Waals surface area (Å²) in [6.07, 6.45) is 2.18. The van der Waals surface area contributed by atoms with Gasteiger partial charge in [-0.1, -0.05) is 39.7 Å². The Morgan fingerprint density at radius 1 is 1.14 bits per heavy atom. The van der Waals surface area contributed by atoms with E-state index in [0.29, 0.717) is 0 Å². The van der Waals surface area contributed by atoms with Crippen LogP contribution in [0.2, 0.25) is 5.02 Å². The maximum Gasteiger partial charge on any atom is 0.177 e. The third-order valence-corrected chi connectivity index (χ3v) is 5.38. The van der Waals surface area contributed by atoms with Crippen LogP contribution in [0.15, 0.2) is 51.4 Å². The SMILES string of the molecule is COc1ccc(Br)c2cc(C3(c4ccc(Cl)cc4)CC3)oc12. The molecular formula is C18H14BrClO2. The molecule has 4 rings (SSSR count). The highest BCUT2D eigenvalue weighted by Gasteiger charge is 2.49. The molecule has 1 aliphatic rings. The van der Waals surface area contributed by atoms with E-state index in [1.807, 2.05) is 24.3 Å². The van der Waals surface area contributed by atoms with Crippen LogP contribution in [0.3, 0.4) is 0 Å². The number of rotatable bonds is 3. The normalized spacial score (nSPS) is 16.0. The van der Waals surface area contributed by atoms with Crippen LogP contribution in [0.5, 0.6) is 5.75 Å². The Labute approximate surface area is 142 Å². The first-order valence-corrected chi connectivity index (χ1v) is 8.34. The minimum atomic E-state index is -0.0198. The van der Waals surface area contributed by atoms with E-state index in [0.717, 1.165) is 44.8 Å². The van der Waals surface area contributed by atoms with E-state index in [4.69, 9.17) is 20.8 Å². The van der Waals surface area contributed by atoms with Crippen LogP contribution < -0.4 is 4.74 Å². The number of furan rings is 1. The predicted molar refractivity (Wildman–Crippen MR) is 91.9 cm³/mol. The maximum absolute atomic E-state index is 6.19. The fraction of sp³-hybridized carbons (Fsp3) is 0.222. The summed E-state index contributed by atoms with van der Waals surface area (Å²) >= 11 is 9.60. The Bertz CT molecular complexity index is 847. The summed E-state index contributed by atoms with van der Waals surface area (Å²) in [5.74, 6) is 1.76. The van der Waals surface area contributed by atoms with Crippen molar-refractivity contribution in [2.24, 2.45) is 0 Å². The Kier molecular flexibility index (Phi) is 3.24. The Balaban J connectivity index is 1.87. The molecule has 0 aliphatic heterocycles. The van der Waals surface area contributed by atoms with Crippen molar-refractivity contribution in [2.75, 3.05) is 7.11 Å². The lowest BCUT2D eigenvalue weighted by molar-refractivity contribution is 0.405. The van der Waals surface area contributed by atoms with Gasteiger partial charge in [0.05, 0.1) is 12.5 Å². The van der Waals surface area contributed by atoms with E-state index in [9.17, 15) is 0 Å². The van der Waals surface area contributed by atoms with Gasteiger partial charge in [0, 0.05) is 14.9 Å². The summed E-state index contributed by atoms with van der Waals surface area (Å²) in [6, 6.07) is 14.1. The summed E-state index contributed by atoms with van der Waals surface area (Å²) in [6.45, 7) is 0. The van der Waals surface area contributed by atoms with Gasteiger partial charge in [0.2, 0.25) is 0 Å². The first-order chi connectivity index (χ1) is 10.6. The summed E-state index contributed by atoms with van der Waals surface area (Å²) < 4.78 is 12.6. The van der Waals surface area contributed by atoms with Gasteiger partial charge in [0.15, 0.2) is 11.3 Å². The van der Waals surface area contributed by atoms with Crippen LogP contribution in [0, 0.1) is 0 Å². The average Bonchev–Trinajstić information content (AvgIpc) is 3.20. The average molecular weight is 378 g/mol. The van der Waals surface area contributed by atoms with Gasteiger partial charge in [-0.15, -0.1) is 0 Å². The minimum Gasteiger partial charge on any atom is -0.493 e. The van der Waals surface area contributed by atoms with E-state index in [2.05, 4.69) is 34.1 Å². The van der Waals surface area contributed by atoms with E-state index < -0.39 is 0 Å². The lowest BCUT2D eigenvalue weighted by Gasteiger charge is -2.12. The molecule has 0 amide bonds. The number of methoxy groups -OCH3 is 1. The first kappa shape index (κ1) is 14.2. The molecule has 4 heteroatoms. The lowest BCUT2D eigenvalue weighted by Crippen LogP contribution is -2.06. The number of halogens is 2. The zero-order valence-corrected chi connectivity index (χ0v) is 14.4. The van der Waals surface area contributed by atoms with Gasteiger partial charge >= 0.3 is 0 Å². The summed E-state index contributed by atoms with van der Waals surface area (Å²) in [7, 11) is 1.66. The van der Waals surface area contributed by atoms with Gasteiger partial charge in [-0.25, -0.2) is 0 Å². The van der Waals surface area contributed by atoms with E-state index in [-0.39, 0.29) is 5.41 Å². The van der Waals surface area contributed by atoms with Crippen LogP contribution >= 0.6 is 27.5 Å². The highest BCUT2D eigenvalue weighted by Crippen LogP contribution is 2.55. The highest BCUT2D eigenvalue weighted by atomic mass is 79.9. The van der Waals surface area contributed by atoms with Gasteiger partial charge in [-0.3, -0.25) is 0 Å². The Morgan fingerprint density at radius 3 is 2.50 bits per heavy atom. The molecular weight excluding hydrogens is 364 g/mol. The number of ether oxygens (including phenoxy) is 1. The van der Waals surface area contributed by atoms with Crippen molar-refractivity contribution in [3.63, 3.8) is 0 Å². The largest absolute Gasteiger partial charge is 0.493 e. The second-order valence-electron chi connectivity index (χ2n) is 5.69. The summed E-state index contributed by atoms with van der Waals surface area (Å²) in [5, 5.41) is 1.81. The maximum atomic E-state index is 6.19. The molecule has 0 N–H and O–H groups in total. The van der Waals surface area contributed by atoms with Crippen molar-refractivity contribution in [1.29, 1.82) is 0 Å². The third-order valence-electron chi connectivity index (χ3n) is 4.43. The second-order valence-corrected chi connectivity index (χ2v) is 6.98. The van der Waals surface area contributed by atoms with Crippen molar-refractivity contribution in [2.45, 2.75) is 18.3 Å². The molecule has 2 nitrogen and oxygen atoms in total. The van der Waals surface area contributed by atoms with E-state index in [1.54, 1.807) is 7.11 Å². The molecule has 1 saturated carbocycles. The standard InChI is InChI=1S/C18H14BrClO2/c1-21-15-7-6-14(19)13-10-16(22-17(13)15)18(8-9-18)11-2-4-12(20)5-3-11/h2-7,10H,8-9H2,1H3. The number of hydrogen-bond acceptors (Lipinski definition) is 2. The molecule has 1 fully saturated rings. The van der Waals surface area contributed by atoms with Crippen molar-refractivity contribution < 1.29 is 9.15 Å². The molecule has 0 bridgehead atoms. The predicted octanol–water partition coefficient (Wildman–Crippen LogP) is 5.94. The molecule has 0 radical (unpaired) electrons. The lowest BCUT2D eigenvalue weighted by atomic mass is 9.93. The van der Waals surface area contributed by atoms with Crippen LogP contribution in [0.1, 0.15) is 24.2 Å². The minimum absolute atomic E-state index is 0.0198. The monoisotopic (exact) mass is 376 g/mol. The quantitative estimate of drug-likeness (QED) is 0.564. The molecule has 112 valence electrons. The molecule has 0 atom stereocenters. The fourth-order valence-electron chi connectivity index (χ4n) is 3.03. The molecule has 1 heterocycles. The molecule has 3 aromatic rings. The molecule has 1 aliphatic carbocycles. The second kappa shape index (κ2) is 5.04. The van der Waals surface area contributed by atoms with Gasteiger partial charge < -0.3 is 9.15 Å². The van der Waals surface area contributed by atoms with Gasteiger partial charge in [0.1, 0.15) is 5.76 Å². The zero-order valence-electron chi connectivity index (χ0n) is 12.0. The number of benzene rings is 2. The van der Waals surface area contributed by atoms with Gasteiger partial charge in [-0.05, 0) is 48.7 Å². The Hall–Kier alpha value is -1.45. The topological polar surface area (TPSA) is 22.4 Å². The van der Waals surface area contributed by atoms with Crippen molar-refractivity contribution in [3.8, 4) is 5.75 Å². The van der Waals surface area contributed by atoms with Gasteiger partial charge in [0.25, 0.3) is 0 Å². The molecule has 1 aromatic heterocycles. The molecule has 0 unspecified atom stereocenters. The number of fused-ring (bicyclic) bond motifs is 1. The zero-order chi connectivity index (χ0) is 15.3. The fourth-order valence-corrected chi connectivity index (χ4v) is 3.59. The van der Waals surface area contributed by atoms with Crippen molar-refractivity contribution in [3.05, 3.63) is 63.3 Å². The molecule has 22 heavy (non-hydrogen) atoms. The molecule has 0 spiro atoms. The van der Waals surface area contributed by atoms with Crippen LogP contribution in [-0.2, 0) is 5.41 Å².